The summed E-state index contributed by atoms with van der Waals surface area (Å²) in [7, 11) is 0. The molecular formula is C9H19NO. The van der Waals surface area contributed by atoms with Crippen LogP contribution in [0.5, 0.6) is 0 Å². The van der Waals surface area contributed by atoms with Gasteiger partial charge >= 0.3 is 0 Å². The molecule has 0 rings (SSSR count). The highest BCUT2D eigenvalue weighted by atomic mass is 16.1. The summed E-state index contributed by atoms with van der Waals surface area (Å²) in [4.78, 5) is 11.5. The molecule has 0 aromatic heterocycles. The van der Waals surface area contributed by atoms with E-state index in [1.54, 1.807) is 0 Å². The molecule has 2 unspecified atom stereocenters. The lowest BCUT2D eigenvalue weighted by atomic mass is 9.81. The first-order valence-electron chi connectivity index (χ1n) is 4.06. The van der Waals surface area contributed by atoms with Crippen LogP contribution in [0.3, 0.4) is 0 Å². The van der Waals surface area contributed by atoms with E-state index in [1.165, 1.54) is 0 Å². The number of ketones is 1. The van der Waals surface area contributed by atoms with Gasteiger partial charge in [-0.15, -0.1) is 0 Å². The first kappa shape index (κ1) is 10.6. The molecule has 0 aromatic carbocycles. The highest BCUT2D eigenvalue weighted by Crippen LogP contribution is 2.21. The summed E-state index contributed by atoms with van der Waals surface area (Å²) >= 11 is 0. The zero-order valence-corrected chi connectivity index (χ0v) is 8.14. The molecule has 0 aliphatic carbocycles. The third-order valence-electron chi connectivity index (χ3n) is 1.94. The summed E-state index contributed by atoms with van der Waals surface area (Å²) in [5.41, 5.74) is 5.36. The van der Waals surface area contributed by atoms with Gasteiger partial charge in [-0.05, 0) is 6.92 Å². The van der Waals surface area contributed by atoms with Gasteiger partial charge in [-0.2, -0.15) is 0 Å². The minimum Gasteiger partial charge on any atom is -0.327 e. The van der Waals surface area contributed by atoms with Crippen LogP contribution in [0.4, 0.5) is 0 Å². The lowest BCUT2D eigenvalue weighted by molar-refractivity contribution is -0.130. The topological polar surface area (TPSA) is 43.1 Å². The molecule has 0 amide bonds. The van der Waals surface area contributed by atoms with E-state index in [9.17, 15) is 4.79 Å². The molecule has 0 saturated carbocycles. The predicted octanol–water partition coefficient (Wildman–Crippen LogP) is 1.58. The third-order valence-corrected chi connectivity index (χ3v) is 1.94. The van der Waals surface area contributed by atoms with Crippen molar-refractivity contribution in [2.24, 2.45) is 17.1 Å². The van der Waals surface area contributed by atoms with Crippen molar-refractivity contribution in [3.63, 3.8) is 0 Å². The van der Waals surface area contributed by atoms with Gasteiger partial charge in [0, 0.05) is 17.4 Å². The van der Waals surface area contributed by atoms with Crippen LogP contribution < -0.4 is 5.73 Å². The lowest BCUT2D eigenvalue weighted by Gasteiger charge is -2.23. The number of rotatable bonds is 2. The third kappa shape index (κ3) is 3.02. The van der Waals surface area contributed by atoms with Crippen molar-refractivity contribution < 1.29 is 4.79 Å². The van der Waals surface area contributed by atoms with Crippen LogP contribution in [0.15, 0.2) is 0 Å². The maximum atomic E-state index is 11.5. The van der Waals surface area contributed by atoms with Crippen molar-refractivity contribution in [1.82, 2.24) is 0 Å². The second-order valence-corrected chi connectivity index (χ2v) is 4.26. The fraction of sp³-hybridized carbons (Fsp3) is 0.889. The molecule has 0 spiro atoms. The molecule has 0 aliphatic heterocycles. The van der Waals surface area contributed by atoms with Crippen molar-refractivity contribution in [2.75, 3.05) is 0 Å². The molecule has 0 heterocycles. The van der Waals surface area contributed by atoms with Gasteiger partial charge in [-0.25, -0.2) is 0 Å². The van der Waals surface area contributed by atoms with Crippen LogP contribution in [0, 0.1) is 11.3 Å². The second-order valence-electron chi connectivity index (χ2n) is 4.26. The van der Waals surface area contributed by atoms with Gasteiger partial charge in [0.2, 0.25) is 0 Å². The highest BCUT2D eigenvalue weighted by molar-refractivity contribution is 5.86. The Balaban J connectivity index is 4.26. The Labute approximate surface area is 69.2 Å². The molecule has 0 fully saturated rings. The van der Waals surface area contributed by atoms with E-state index in [0.717, 1.165) is 0 Å². The first-order valence-corrected chi connectivity index (χ1v) is 4.06. The fourth-order valence-electron chi connectivity index (χ4n) is 0.922. The van der Waals surface area contributed by atoms with Gasteiger partial charge in [0.1, 0.15) is 5.78 Å². The number of nitrogens with two attached hydrogens (primary N) is 1. The molecule has 0 aromatic rings. The molecule has 2 atom stereocenters. The zero-order valence-electron chi connectivity index (χ0n) is 8.14. The molecule has 0 radical (unpaired) electrons. The van der Waals surface area contributed by atoms with E-state index < -0.39 is 0 Å². The molecule has 2 heteroatoms. The highest BCUT2D eigenvalue weighted by Gasteiger charge is 2.28. The quantitative estimate of drug-likeness (QED) is 0.661. The normalized spacial score (nSPS) is 17.6. The van der Waals surface area contributed by atoms with Crippen LogP contribution in [-0.4, -0.2) is 11.8 Å². The van der Waals surface area contributed by atoms with Gasteiger partial charge in [-0.3, -0.25) is 4.79 Å². The van der Waals surface area contributed by atoms with Crippen molar-refractivity contribution in [1.29, 1.82) is 0 Å². The number of hydrogen-bond donors (Lipinski definition) is 1. The van der Waals surface area contributed by atoms with E-state index in [2.05, 4.69) is 0 Å². The average molecular weight is 157 g/mol. The van der Waals surface area contributed by atoms with Gasteiger partial charge < -0.3 is 5.73 Å². The van der Waals surface area contributed by atoms with Gasteiger partial charge in [-0.1, -0.05) is 27.7 Å². The average Bonchev–Trinajstić information content (AvgIpc) is 1.82. The van der Waals surface area contributed by atoms with E-state index in [-0.39, 0.29) is 23.2 Å². The van der Waals surface area contributed by atoms with E-state index in [4.69, 9.17) is 5.73 Å². The van der Waals surface area contributed by atoms with Crippen molar-refractivity contribution in [2.45, 2.75) is 40.7 Å². The largest absolute Gasteiger partial charge is 0.327 e. The molecular weight excluding hydrogens is 138 g/mol. The Hall–Kier alpha value is -0.370. The number of carbonyl (C=O) groups is 1. The monoisotopic (exact) mass is 157 g/mol. The molecule has 11 heavy (non-hydrogen) atoms. The summed E-state index contributed by atoms with van der Waals surface area (Å²) in [5, 5.41) is 0. The Bertz CT molecular complexity index is 144. The summed E-state index contributed by atoms with van der Waals surface area (Å²) < 4.78 is 0. The molecule has 0 aliphatic rings. The first-order chi connectivity index (χ1) is 4.76. The predicted molar refractivity (Wildman–Crippen MR) is 47.3 cm³/mol. The summed E-state index contributed by atoms with van der Waals surface area (Å²) in [6.07, 6.45) is 0. The van der Waals surface area contributed by atoms with Crippen LogP contribution in [0.1, 0.15) is 34.6 Å². The number of carbonyl (C=O) groups excluding carboxylic acids is 1. The molecule has 0 saturated heterocycles. The minimum absolute atomic E-state index is 0.0324. The Morgan fingerprint density at radius 3 is 1.73 bits per heavy atom. The van der Waals surface area contributed by atoms with Crippen molar-refractivity contribution >= 4 is 5.78 Å². The molecule has 66 valence electrons. The molecule has 2 nitrogen and oxygen atoms in total. The van der Waals surface area contributed by atoms with Crippen molar-refractivity contribution in [3.05, 3.63) is 0 Å². The zero-order chi connectivity index (χ0) is 9.23. The summed E-state index contributed by atoms with van der Waals surface area (Å²) in [5.74, 6) is 0.211. The second kappa shape index (κ2) is 3.35. The number of Topliss-reactive ketones (excluding diaryl/α,β-unsaturated/α-hetero) is 1. The van der Waals surface area contributed by atoms with Gasteiger partial charge in [0.25, 0.3) is 0 Å². The Kier molecular flexibility index (Phi) is 3.24. The van der Waals surface area contributed by atoms with Gasteiger partial charge in [0.05, 0.1) is 0 Å². The smallest absolute Gasteiger partial charge is 0.142 e. The van der Waals surface area contributed by atoms with Crippen LogP contribution >= 0.6 is 0 Å². The maximum Gasteiger partial charge on any atom is 0.142 e. The lowest BCUT2D eigenvalue weighted by Crippen LogP contribution is -2.37. The minimum atomic E-state index is -0.257. The number of hydrogen-bond acceptors (Lipinski definition) is 2. The SMILES string of the molecule is CC(N)C(C)C(=O)C(C)(C)C. The summed E-state index contributed by atoms with van der Waals surface area (Å²) in [6, 6.07) is -0.0401. The van der Waals surface area contributed by atoms with E-state index in [0.29, 0.717) is 0 Å². The molecule has 2 N–H and O–H groups in total. The van der Waals surface area contributed by atoms with Crippen molar-refractivity contribution in [3.8, 4) is 0 Å². The standard InChI is InChI=1S/C9H19NO/c1-6(7(2)10)8(11)9(3,4)5/h6-7H,10H2,1-5H3. The Morgan fingerprint density at radius 2 is 1.64 bits per heavy atom. The summed E-state index contributed by atoms with van der Waals surface area (Å²) in [6.45, 7) is 9.53. The maximum absolute atomic E-state index is 11.5. The van der Waals surface area contributed by atoms with Crippen LogP contribution in [-0.2, 0) is 4.79 Å². The van der Waals surface area contributed by atoms with Crippen LogP contribution in [0.25, 0.3) is 0 Å². The van der Waals surface area contributed by atoms with E-state index >= 15 is 0 Å². The van der Waals surface area contributed by atoms with E-state index in [1.807, 2.05) is 34.6 Å². The fourth-order valence-corrected chi connectivity index (χ4v) is 0.922. The van der Waals surface area contributed by atoms with Crippen LogP contribution in [0.2, 0.25) is 0 Å². The Morgan fingerprint density at radius 1 is 1.27 bits per heavy atom. The molecule has 0 bridgehead atoms. The van der Waals surface area contributed by atoms with Gasteiger partial charge in [0.15, 0.2) is 0 Å².